The van der Waals surface area contributed by atoms with Gasteiger partial charge in [-0.15, -0.1) is 0 Å². The molecule has 4 heteroatoms. The van der Waals surface area contributed by atoms with Crippen LogP contribution >= 0.6 is 0 Å². The van der Waals surface area contributed by atoms with Gasteiger partial charge in [0.05, 0.1) is 19.6 Å². The molecule has 2 aromatic carbocycles. The van der Waals surface area contributed by atoms with E-state index in [4.69, 9.17) is 9.53 Å². The van der Waals surface area contributed by atoms with Gasteiger partial charge in [0.2, 0.25) is 0 Å². The van der Waals surface area contributed by atoms with E-state index in [1.54, 1.807) is 0 Å². The largest absolute Gasteiger partial charge is 0.471 e. The zero-order valence-corrected chi connectivity index (χ0v) is 13.5. The smallest absolute Gasteiger partial charge is 0.309 e. The summed E-state index contributed by atoms with van der Waals surface area (Å²) in [5, 5.41) is 2.54. The molecule has 1 aliphatic rings. The molecule has 122 valence electrons. The van der Waals surface area contributed by atoms with E-state index in [9.17, 15) is 4.79 Å². The molecule has 0 bridgehead atoms. The van der Waals surface area contributed by atoms with Crippen LogP contribution in [0.1, 0.15) is 18.9 Å². The Morgan fingerprint density at radius 1 is 1.22 bits per heavy atom. The predicted octanol–water partition coefficient (Wildman–Crippen LogP) is 3.37. The van der Waals surface area contributed by atoms with Crippen LogP contribution in [-0.2, 0) is 25.5 Å². The fraction of sp³-hybridized carbons (Fsp3) is 0.368. The van der Waals surface area contributed by atoms with Crippen LogP contribution in [0.4, 0.5) is 0 Å². The highest BCUT2D eigenvalue weighted by Gasteiger charge is 2.43. The Kier molecular flexibility index (Phi) is 6.15. The van der Waals surface area contributed by atoms with Crippen LogP contribution in [0.15, 0.2) is 42.5 Å². The molecule has 1 saturated carbocycles. The van der Waals surface area contributed by atoms with Crippen molar-refractivity contribution in [3.63, 3.8) is 0 Å². The minimum atomic E-state index is -0.0201. The molecule has 0 spiro atoms. The zero-order chi connectivity index (χ0) is 16.7. The Morgan fingerprint density at radius 2 is 1.91 bits per heavy atom. The van der Waals surface area contributed by atoms with Crippen LogP contribution in [0.25, 0.3) is 10.8 Å². The molecular weight excluding hydrogens is 292 g/mol. The molecule has 2 atom stereocenters. The summed E-state index contributed by atoms with van der Waals surface area (Å²) >= 11 is 0. The molecule has 0 heterocycles. The van der Waals surface area contributed by atoms with Gasteiger partial charge in [-0.05, 0) is 42.0 Å². The fourth-order valence-corrected chi connectivity index (χ4v) is 2.68. The molecule has 0 amide bonds. The summed E-state index contributed by atoms with van der Waals surface area (Å²) in [5.41, 5.74) is 1.32. The highest BCUT2D eigenvalue weighted by Crippen LogP contribution is 2.42. The van der Waals surface area contributed by atoms with Gasteiger partial charge < -0.3 is 9.47 Å². The molecule has 0 aliphatic heterocycles. The normalized spacial score (nSPS) is 18.5. The lowest BCUT2D eigenvalue weighted by molar-refractivity contribution is -0.145. The number of benzene rings is 2. The molecule has 1 fully saturated rings. The molecule has 0 saturated heterocycles. The van der Waals surface area contributed by atoms with E-state index < -0.39 is 0 Å². The van der Waals surface area contributed by atoms with Crippen molar-refractivity contribution in [1.82, 2.24) is 0 Å². The van der Waals surface area contributed by atoms with Gasteiger partial charge in [-0.2, -0.15) is 0 Å². The van der Waals surface area contributed by atoms with Crippen LogP contribution in [-0.4, -0.2) is 26.2 Å². The molecule has 3 rings (SSSR count). The third-order valence-electron chi connectivity index (χ3n) is 3.92. The van der Waals surface area contributed by atoms with Crippen molar-refractivity contribution < 1.29 is 19.1 Å². The first-order valence-corrected chi connectivity index (χ1v) is 7.80. The van der Waals surface area contributed by atoms with E-state index in [-0.39, 0.29) is 11.9 Å². The number of hydrogen-bond donors (Lipinski definition) is 0. The third-order valence-corrected chi connectivity index (χ3v) is 3.92. The monoisotopic (exact) mass is 314 g/mol. The van der Waals surface area contributed by atoms with E-state index in [2.05, 4.69) is 47.2 Å². The number of carbonyl (C=O) groups excluding carboxylic acids is 2. The highest BCUT2D eigenvalue weighted by atomic mass is 16.5. The van der Waals surface area contributed by atoms with Gasteiger partial charge in [-0.1, -0.05) is 42.5 Å². The van der Waals surface area contributed by atoms with Crippen molar-refractivity contribution in [3.05, 3.63) is 48.0 Å². The molecule has 0 radical (unpaired) electrons. The van der Waals surface area contributed by atoms with Crippen molar-refractivity contribution >= 4 is 23.2 Å². The number of fused-ring (bicyclic) bond motifs is 1. The fourth-order valence-electron chi connectivity index (χ4n) is 2.68. The quantitative estimate of drug-likeness (QED) is 0.627. The molecule has 0 N–H and O–H groups in total. The zero-order valence-electron chi connectivity index (χ0n) is 13.5. The summed E-state index contributed by atoms with van der Waals surface area (Å²) in [5.74, 6) is 0.583. The van der Waals surface area contributed by atoms with Gasteiger partial charge in [0.25, 0.3) is 6.47 Å². The van der Waals surface area contributed by atoms with Gasteiger partial charge in [-0.3, -0.25) is 9.59 Å². The number of rotatable bonds is 5. The van der Waals surface area contributed by atoms with Crippen LogP contribution in [0.2, 0.25) is 0 Å². The van der Waals surface area contributed by atoms with Crippen molar-refractivity contribution in [2.75, 3.05) is 13.7 Å². The summed E-state index contributed by atoms with van der Waals surface area (Å²) < 4.78 is 8.93. The van der Waals surface area contributed by atoms with Crippen LogP contribution in [0.5, 0.6) is 0 Å². The second kappa shape index (κ2) is 8.32. The minimum absolute atomic E-state index is 0.0201. The van der Waals surface area contributed by atoms with E-state index in [1.807, 2.05) is 6.92 Å². The second-order valence-electron chi connectivity index (χ2n) is 5.57. The van der Waals surface area contributed by atoms with Gasteiger partial charge in [0.1, 0.15) is 0 Å². The van der Waals surface area contributed by atoms with Gasteiger partial charge in [0, 0.05) is 0 Å². The molecule has 0 aromatic heterocycles. The summed E-state index contributed by atoms with van der Waals surface area (Å²) in [7, 11) is 1.31. The molecule has 2 unspecified atom stereocenters. The predicted molar refractivity (Wildman–Crippen MR) is 89.0 cm³/mol. The third kappa shape index (κ3) is 4.81. The summed E-state index contributed by atoms with van der Waals surface area (Å²) in [6.45, 7) is 2.72. The number of ether oxygens (including phenoxy) is 2. The number of hydrogen-bond acceptors (Lipinski definition) is 4. The average molecular weight is 314 g/mol. The van der Waals surface area contributed by atoms with Crippen molar-refractivity contribution in [3.8, 4) is 0 Å². The molecule has 4 nitrogen and oxygen atoms in total. The maximum atomic E-state index is 11.6. The Morgan fingerprint density at radius 3 is 2.57 bits per heavy atom. The molecular formula is C19H22O4. The van der Waals surface area contributed by atoms with Crippen molar-refractivity contribution in [2.24, 2.45) is 11.8 Å². The van der Waals surface area contributed by atoms with Gasteiger partial charge in [0.15, 0.2) is 0 Å². The summed E-state index contributed by atoms with van der Waals surface area (Å²) in [6.07, 6.45) is 1.96. The summed E-state index contributed by atoms with van der Waals surface area (Å²) in [4.78, 5) is 20.5. The van der Waals surface area contributed by atoms with Crippen molar-refractivity contribution in [2.45, 2.75) is 19.8 Å². The minimum Gasteiger partial charge on any atom is -0.471 e. The van der Waals surface area contributed by atoms with Crippen LogP contribution in [0, 0.1) is 11.8 Å². The van der Waals surface area contributed by atoms with Gasteiger partial charge in [-0.25, -0.2) is 0 Å². The van der Waals surface area contributed by atoms with E-state index in [0.717, 1.165) is 12.8 Å². The number of esters is 1. The Labute approximate surface area is 136 Å². The van der Waals surface area contributed by atoms with Crippen molar-refractivity contribution in [1.29, 1.82) is 0 Å². The first-order chi connectivity index (χ1) is 11.2. The summed E-state index contributed by atoms with van der Waals surface area (Å²) in [6, 6.07) is 14.9. The first-order valence-electron chi connectivity index (χ1n) is 7.80. The first kappa shape index (κ1) is 17.0. The molecule has 23 heavy (non-hydrogen) atoms. The van der Waals surface area contributed by atoms with Crippen LogP contribution < -0.4 is 0 Å². The number of carbonyl (C=O) groups is 2. The lowest BCUT2D eigenvalue weighted by Gasteiger charge is -2.04. The number of methoxy groups -OCH3 is 1. The van der Waals surface area contributed by atoms with E-state index in [0.29, 0.717) is 19.0 Å². The van der Waals surface area contributed by atoms with Crippen LogP contribution in [0.3, 0.4) is 0 Å². The topological polar surface area (TPSA) is 52.6 Å². The maximum Gasteiger partial charge on any atom is 0.309 e. The van der Waals surface area contributed by atoms with E-state index >= 15 is 0 Å². The SMILES string of the molecule is CCOC(=O)C1CC1Cc1ccc2ccccc2c1.COC=O. The standard InChI is InChI=1S/C17H18O2.C2H4O2/c1-2-19-17(18)16-11-15(16)10-12-7-8-13-5-3-4-6-14(13)9-12;1-4-2-3/h3-9,15-16H,2,10-11H2,1H3;2H,1H3. The average Bonchev–Trinajstić information content (AvgIpc) is 3.34. The Balaban J connectivity index is 0.000000433. The highest BCUT2D eigenvalue weighted by molar-refractivity contribution is 5.83. The second-order valence-corrected chi connectivity index (χ2v) is 5.57. The maximum absolute atomic E-state index is 11.6. The Hall–Kier alpha value is -2.36. The molecule has 1 aliphatic carbocycles. The van der Waals surface area contributed by atoms with Gasteiger partial charge >= 0.3 is 5.97 Å². The van der Waals surface area contributed by atoms with E-state index in [1.165, 1.54) is 23.4 Å². The lowest BCUT2D eigenvalue weighted by Crippen LogP contribution is -2.08. The lowest BCUT2D eigenvalue weighted by atomic mass is 10.0. The Bertz CT molecular complexity index is 665. The molecule has 2 aromatic rings.